The Morgan fingerprint density at radius 2 is 0.952 bits per heavy atom. The fraction of sp³-hybridized carbons (Fsp3) is 0.636. The molecule has 120 valence electrons. The molecule has 0 aromatic heterocycles. The molecule has 0 radical (unpaired) electrons. The summed E-state index contributed by atoms with van der Waals surface area (Å²) < 4.78 is 20.3. The van der Waals surface area contributed by atoms with Gasteiger partial charge in [-0.1, -0.05) is 0 Å². The minimum Gasteiger partial charge on any atom is -0.520 e. The van der Waals surface area contributed by atoms with Crippen LogP contribution in [0.4, 0.5) is 0 Å². The van der Waals surface area contributed by atoms with E-state index in [1.165, 1.54) is 6.92 Å². The van der Waals surface area contributed by atoms with Gasteiger partial charge >= 0.3 is 8.80 Å². The predicted molar refractivity (Wildman–Crippen MR) is 75.1 cm³/mol. The van der Waals surface area contributed by atoms with Crippen molar-refractivity contribution in [1.29, 1.82) is 0 Å². The quantitative estimate of drug-likeness (QED) is 0.659. The van der Waals surface area contributed by atoms with Crippen LogP contribution in [0.5, 0.6) is 0 Å². The van der Waals surface area contributed by atoms with Crippen LogP contribution in [-0.2, 0) is 36.9 Å². The van der Waals surface area contributed by atoms with E-state index >= 15 is 0 Å². The van der Waals surface area contributed by atoms with Crippen LogP contribution in [0.1, 0.15) is 27.7 Å². The lowest BCUT2D eigenvalue weighted by molar-refractivity contribution is -0.147. The second-order valence-corrected chi connectivity index (χ2v) is 12.1. The third-order valence-corrected chi connectivity index (χ3v) is 9.73. The maximum atomic E-state index is 11.3. The summed E-state index contributed by atoms with van der Waals surface area (Å²) in [6.07, 6.45) is 0. The molecule has 0 atom stereocenters. The van der Waals surface area contributed by atoms with E-state index < -0.39 is 41.0 Å². The van der Waals surface area contributed by atoms with Crippen molar-refractivity contribution in [3.63, 3.8) is 0 Å². The summed E-state index contributed by atoms with van der Waals surface area (Å²) in [5.74, 6) is -2.77. The van der Waals surface area contributed by atoms with Crippen LogP contribution >= 0.6 is 0 Å². The van der Waals surface area contributed by atoms with E-state index in [4.69, 9.17) is 17.7 Å². The molecule has 0 fully saturated rings. The summed E-state index contributed by atoms with van der Waals surface area (Å²) in [5.41, 5.74) is -0.0989. The summed E-state index contributed by atoms with van der Waals surface area (Å²) in [6, 6.07) is 0. The van der Waals surface area contributed by atoms with Crippen molar-refractivity contribution in [2.45, 2.75) is 46.5 Å². The van der Waals surface area contributed by atoms with Crippen molar-refractivity contribution in [3.05, 3.63) is 0 Å². The zero-order chi connectivity index (χ0) is 16.8. The highest BCUT2D eigenvalue weighted by Crippen LogP contribution is 2.25. The fourth-order valence-electron chi connectivity index (χ4n) is 1.77. The van der Waals surface area contributed by atoms with E-state index in [1.54, 1.807) is 13.1 Å². The van der Waals surface area contributed by atoms with E-state index in [-0.39, 0.29) is 5.67 Å². The van der Waals surface area contributed by atoms with Gasteiger partial charge in [-0.15, -0.1) is 0 Å². The lowest BCUT2D eigenvalue weighted by Gasteiger charge is -2.31. The maximum Gasteiger partial charge on any atom is 0.705 e. The normalized spacial score (nSPS) is 11.3. The summed E-state index contributed by atoms with van der Waals surface area (Å²) >= 11 is 0. The average Bonchev–Trinajstić information content (AvgIpc) is 2.07. The van der Waals surface area contributed by atoms with E-state index in [0.29, 0.717) is 0 Å². The molecule has 0 aliphatic carbocycles. The van der Waals surface area contributed by atoms with Gasteiger partial charge in [-0.25, -0.2) is 0 Å². The number of carbonyl (C=O) groups is 4. The lowest BCUT2D eigenvalue weighted by atomic mass is 10.9. The van der Waals surface area contributed by atoms with E-state index in [9.17, 15) is 19.2 Å². The molecule has 0 heterocycles. The van der Waals surface area contributed by atoms with Crippen molar-refractivity contribution < 1.29 is 36.9 Å². The van der Waals surface area contributed by atoms with Crippen LogP contribution in [0.25, 0.3) is 0 Å². The largest absolute Gasteiger partial charge is 0.705 e. The van der Waals surface area contributed by atoms with Gasteiger partial charge in [-0.05, 0) is 13.1 Å². The minimum absolute atomic E-state index is 0.0989. The standard InChI is InChI=1S/C11H20O8Si2/c1-8(12)16-20(5,6)7-21(17-9(2)13,18-10(3)14)19-11(4)15/h7H2,1-6H3. The zero-order valence-corrected chi connectivity index (χ0v) is 15.0. The van der Waals surface area contributed by atoms with Crippen molar-refractivity contribution in [1.82, 2.24) is 0 Å². The van der Waals surface area contributed by atoms with Gasteiger partial charge < -0.3 is 17.7 Å². The Kier molecular flexibility index (Phi) is 6.77. The molecular formula is C11H20O8Si2. The zero-order valence-electron chi connectivity index (χ0n) is 13.0. The van der Waals surface area contributed by atoms with Gasteiger partial charge in [0.25, 0.3) is 32.2 Å². The third-order valence-electron chi connectivity index (χ3n) is 1.96. The summed E-state index contributed by atoms with van der Waals surface area (Å²) in [6.45, 7) is 7.88. The number of hydrogen-bond donors (Lipinski definition) is 0. The second kappa shape index (κ2) is 7.36. The van der Waals surface area contributed by atoms with Gasteiger partial charge in [0.2, 0.25) is 0 Å². The summed E-state index contributed by atoms with van der Waals surface area (Å²) in [4.78, 5) is 44.9. The fourth-order valence-corrected chi connectivity index (χ4v) is 9.32. The van der Waals surface area contributed by atoms with Crippen LogP contribution in [0.3, 0.4) is 0 Å². The van der Waals surface area contributed by atoms with Crippen LogP contribution in [0, 0.1) is 0 Å². The molecule has 10 heteroatoms. The van der Waals surface area contributed by atoms with Gasteiger partial charge in [0, 0.05) is 27.7 Å². The highest BCUT2D eigenvalue weighted by Gasteiger charge is 2.57. The summed E-state index contributed by atoms with van der Waals surface area (Å²) in [7, 11) is -6.67. The number of hydrogen-bond acceptors (Lipinski definition) is 8. The van der Waals surface area contributed by atoms with E-state index in [2.05, 4.69) is 0 Å². The van der Waals surface area contributed by atoms with E-state index in [0.717, 1.165) is 20.8 Å². The first-order valence-electron chi connectivity index (χ1n) is 6.16. The van der Waals surface area contributed by atoms with Crippen LogP contribution in [-0.4, -0.2) is 41.0 Å². The molecule has 0 saturated heterocycles. The SMILES string of the molecule is CC(=O)O[Si](C)(C)C[Si](OC(C)=O)(OC(C)=O)OC(C)=O. The van der Waals surface area contributed by atoms with Crippen LogP contribution < -0.4 is 0 Å². The Labute approximate surface area is 125 Å². The van der Waals surface area contributed by atoms with Gasteiger partial charge in [-0.2, -0.15) is 0 Å². The minimum atomic E-state index is -3.95. The molecule has 0 amide bonds. The molecule has 21 heavy (non-hydrogen) atoms. The topological polar surface area (TPSA) is 105 Å². The molecule has 0 aromatic carbocycles. The first-order chi connectivity index (χ1) is 9.37. The average molecular weight is 336 g/mol. The first-order valence-corrected chi connectivity index (χ1v) is 11.2. The van der Waals surface area contributed by atoms with Crippen molar-refractivity contribution >= 4 is 41.0 Å². The van der Waals surface area contributed by atoms with Crippen LogP contribution in [0.2, 0.25) is 18.8 Å². The third kappa shape index (κ3) is 8.24. The lowest BCUT2D eigenvalue weighted by Crippen LogP contribution is -2.55. The Morgan fingerprint density at radius 3 is 1.19 bits per heavy atom. The Hall–Kier alpha value is -1.69. The molecule has 0 aliphatic heterocycles. The molecule has 0 aliphatic rings. The molecule has 0 rings (SSSR count). The molecule has 0 aromatic rings. The second-order valence-electron chi connectivity index (χ2n) is 4.99. The summed E-state index contributed by atoms with van der Waals surface area (Å²) in [5, 5.41) is 0. The number of carbonyl (C=O) groups excluding carboxylic acids is 4. The van der Waals surface area contributed by atoms with Crippen LogP contribution in [0.15, 0.2) is 0 Å². The molecule has 0 bridgehead atoms. The maximum absolute atomic E-state index is 11.3. The van der Waals surface area contributed by atoms with E-state index in [1.807, 2.05) is 0 Å². The van der Waals surface area contributed by atoms with Crippen molar-refractivity contribution in [3.8, 4) is 0 Å². The Balaban J connectivity index is 5.50. The molecular weight excluding hydrogens is 316 g/mol. The Bertz CT molecular complexity index is 405. The predicted octanol–water partition coefficient (Wildman–Crippen LogP) is 0.922. The molecule has 8 nitrogen and oxygen atoms in total. The van der Waals surface area contributed by atoms with Gasteiger partial charge in [0.1, 0.15) is 0 Å². The smallest absolute Gasteiger partial charge is 0.520 e. The van der Waals surface area contributed by atoms with Gasteiger partial charge in [0.15, 0.2) is 0 Å². The molecule has 0 spiro atoms. The van der Waals surface area contributed by atoms with Crippen molar-refractivity contribution in [2.24, 2.45) is 0 Å². The highest BCUT2D eigenvalue weighted by atomic mass is 28.4. The van der Waals surface area contributed by atoms with Gasteiger partial charge in [-0.3, -0.25) is 19.2 Å². The molecule has 0 saturated carbocycles. The monoisotopic (exact) mass is 336 g/mol. The molecule has 0 N–H and O–H groups in total. The molecule has 0 unspecified atom stereocenters. The first kappa shape index (κ1) is 19.3. The Morgan fingerprint density at radius 1 is 0.667 bits per heavy atom. The van der Waals surface area contributed by atoms with Gasteiger partial charge in [0.05, 0.1) is 5.67 Å². The van der Waals surface area contributed by atoms with Crippen molar-refractivity contribution in [2.75, 3.05) is 0 Å². The number of rotatable bonds is 6. The highest BCUT2D eigenvalue weighted by molar-refractivity contribution is 6.87.